The number of anilines is 3. The first-order chi connectivity index (χ1) is 17.5. The highest BCUT2D eigenvalue weighted by molar-refractivity contribution is 5.94. The van der Waals surface area contributed by atoms with Gasteiger partial charge >= 0.3 is 0 Å². The minimum atomic E-state index is -0.644. The smallest absolute Gasteiger partial charge is 0.247 e. The van der Waals surface area contributed by atoms with Crippen LogP contribution in [0.2, 0.25) is 0 Å². The Labute approximate surface area is 208 Å². The Bertz CT molecular complexity index is 1400. The Morgan fingerprint density at radius 2 is 1.86 bits per heavy atom. The Balaban J connectivity index is 1.44. The van der Waals surface area contributed by atoms with Crippen LogP contribution in [0.15, 0.2) is 79.0 Å². The third-order valence-corrected chi connectivity index (χ3v) is 6.08. The number of hydrogen-bond donors (Lipinski definition) is 4. The van der Waals surface area contributed by atoms with Crippen molar-refractivity contribution in [1.29, 1.82) is 0 Å². The van der Waals surface area contributed by atoms with Crippen LogP contribution in [0.5, 0.6) is 5.75 Å². The van der Waals surface area contributed by atoms with Crippen molar-refractivity contribution >= 4 is 39.8 Å². The average Bonchev–Trinajstić information content (AvgIpc) is 2.89. The van der Waals surface area contributed by atoms with E-state index in [0.29, 0.717) is 43.2 Å². The first kappa shape index (κ1) is 23.2. The van der Waals surface area contributed by atoms with Crippen LogP contribution in [0.1, 0.15) is 30.0 Å². The summed E-state index contributed by atoms with van der Waals surface area (Å²) in [7, 11) is 0. The highest BCUT2D eigenvalue weighted by atomic mass is 16.5. The summed E-state index contributed by atoms with van der Waals surface area (Å²) in [6.45, 7) is 0.742. The molecule has 3 aromatic carbocycles. The molecule has 0 saturated heterocycles. The van der Waals surface area contributed by atoms with Crippen LogP contribution in [-0.4, -0.2) is 23.4 Å². The maximum Gasteiger partial charge on any atom is 0.247 e. The lowest BCUT2D eigenvalue weighted by atomic mass is 10.0. The number of pyridine rings is 1. The highest BCUT2D eigenvalue weighted by Crippen LogP contribution is 2.27. The third kappa shape index (κ3) is 5.38. The molecule has 2 aliphatic heterocycles. The number of fused-ring (bicyclic) bond motifs is 11. The van der Waals surface area contributed by atoms with Crippen LogP contribution in [0.4, 0.5) is 17.2 Å². The molecule has 0 radical (unpaired) electrons. The van der Waals surface area contributed by atoms with Gasteiger partial charge in [-0.3, -0.25) is 9.59 Å². The lowest BCUT2D eigenvalue weighted by Crippen LogP contribution is -2.33. The summed E-state index contributed by atoms with van der Waals surface area (Å²) >= 11 is 0. The predicted molar refractivity (Wildman–Crippen MR) is 141 cm³/mol. The van der Waals surface area contributed by atoms with E-state index in [4.69, 9.17) is 10.5 Å². The molecule has 5 N–H and O–H groups in total. The normalized spacial score (nSPS) is 16.5. The molecule has 2 amide bonds. The quantitative estimate of drug-likeness (QED) is 0.337. The van der Waals surface area contributed by atoms with E-state index in [1.165, 1.54) is 0 Å². The van der Waals surface area contributed by atoms with E-state index in [9.17, 15) is 9.59 Å². The Kier molecular flexibility index (Phi) is 6.66. The molecule has 0 aliphatic carbocycles. The van der Waals surface area contributed by atoms with Crippen molar-refractivity contribution in [3.63, 3.8) is 0 Å². The number of hydrogen-bond acceptors (Lipinski definition) is 6. The van der Waals surface area contributed by atoms with E-state index < -0.39 is 6.04 Å². The van der Waals surface area contributed by atoms with Crippen molar-refractivity contribution in [2.75, 3.05) is 23.0 Å². The number of carbonyl (C=O) groups excluding carboxylic acids is 2. The van der Waals surface area contributed by atoms with Crippen molar-refractivity contribution in [3.05, 3.63) is 90.1 Å². The van der Waals surface area contributed by atoms with Crippen molar-refractivity contribution in [1.82, 2.24) is 10.3 Å². The number of ether oxygens (including phenoxy) is 1. The summed E-state index contributed by atoms with van der Waals surface area (Å²) in [6.07, 6.45) is 2.62. The van der Waals surface area contributed by atoms with Gasteiger partial charge in [-0.1, -0.05) is 24.3 Å². The molecule has 4 aromatic rings. The van der Waals surface area contributed by atoms with Gasteiger partial charge in [0.15, 0.2) is 0 Å². The van der Waals surface area contributed by atoms with Gasteiger partial charge in [0.05, 0.1) is 6.61 Å². The molecule has 1 unspecified atom stereocenters. The zero-order chi connectivity index (χ0) is 24.9. The van der Waals surface area contributed by atoms with Gasteiger partial charge in [-0.15, -0.1) is 0 Å². The molecule has 1 atom stereocenters. The predicted octanol–water partition coefficient (Wildman–Crippen LogP) is 4.40. The van der Waals surface area contributed by atoms with E-state index in [0.717, 1.165) is 27.6 Å². The molecule has 182 valence electrons. The fourth-order valence-electron chi connectivity index (χ4n) is 4.21. The molecular weight excluding hydrogens is 454 g/mol. The second-order valence-electron chi connectivity index (χ2n) is 8.70. The molecule has 8 nitrogen and oxygen atoms in total. The molecule has 8 heteroatoms. The summed E-state index contributed by atoms with van der Waals surface area (Å²) in [5.41, 5.74) is 9.15. The van der Waals surface area contributed by atoms with Gasteiger partial charge < -0.3 is 26.4 Å². The Hall–Kier alpha value is -4.59. The largest absolute Gasteiger partial charge is 0.494 e. The van der Waals surface area contributed by atoms with Crippen molar-refractivity contribution < 1.29 is 14.3 Å². The zero-order valence-electron chi connectivity index (χ0n) is 19.7. The number of benzene rings is 3. The van der Waals surface area contributed by atoms with Crippen LogP contribution >= 0.6 is 0 Å². The molecule has 0 fully saturated rings. The van der Waals surface area contributed by atoms with Gasteiger partial charge in [0.2, 0.25) is 11.8 Å². The maximum atomic E-state index is 13.4. The number of carbonyl (C=O) groups is 2. The molecule has 2 aliphatic rings. The standard InChI is InChI=1S/C28H27N5O3/c29-27-24-11-8-22(16-20(24)12-13-30-27)33-26-19-6-9-23(10-7-19)36-14-2-5-25(34)32-21-4-1-3-18(15-21)17-31-28(26)35/h1,3-4,6-13,15-16,26,33H,2,5,14,17H2,(H2,29,30)(H,31,35)(H,32,34). The number of amides is 2. The first-order valence-electron chi connectivity index (χ1n) is 11.9. The van der Waals surface area contributed by atoms with Crippen molar-refractivity contribution in [2.24, 2.45) is 0 Å². The maximum absolute atomic E-state index is 13.4. The van der Waals surface area contributed by atoms with Gasteiger partial charge in [-0.25, -0.2) is 4.98 Å². The second kappa shape index (κ2) is 10.4. The summed E-state index contributed by atoms with van der Waals surface area (Å²) in [4.78, 5) is 29.8. The van der Waals surface area contributed by atoms with E-state index in [1.54, 1.807) is 6.20 Å². The average molecular weight is 482 g/mol. The number of nitrogen functional groups attached to an aromatic ring is 1. The fourth-order valence-corrected chi connectivity index (χ4v) is 4.21. The third-order valence-electron chi connectivity index (χ3n) is 6.08. The first-order valence-corrected chi connectivity index (χ1v) is 11.9. The lowest BCUT2D eigenvalue weighted by Gasteiger charge is -2.21. The summed E-state index contributed by atoms with van der Waals surface area (Å²) in [5.74, 6) is 0.891. The van der Waals surface area contributed by atoms with Gasteiger partial charge in [0, 0.05) is 35.9 Å². The molecule has 0 saturated carbocycles. The molecule has 3 heterocycles. The molecule has 4 bridgehead atoms. The number of aromatic nitrogens is 1. The van der Waals surface area contributed by atoms with Gasteiger partial charge in [-0.05, 0) is 71.5 Å². The molecule has 0 spiro atoms. The minimum absolute atomic E-state index is 0.0726. The van der Waals surface area contributed by atoms with Crippen LogP contribution in [0, 0.1) is 0 Å². The highest BCUT2D eigenvalue weighted by Gasteiger charge is 2.21. The number of nitrogens with zero attached hydrogens (tertiary/aromatic N) is 1. The lowest BCUT2D eigenvalue weighted by molar-refractivity contribution is -0.122. The number of nitrogens with two attached hydrogens (primary N) is 1. The van der Waals surface area contributed by atoms with Crippen LogP contribution in [0.3, 0.4) is 0 Å². The monoisotopic (exact) mass is 481 g/mol. The van der Waals surface area contributed by atoms with Gasteiger partial charge in [0.25, 0.3) is 0 Å². The van der Waals surface area contributed by atoms with Crippen LogP contribution < -0.4 is 26.4 Å². The zero-order valence-corrected chi connectivity index (χ0v) is 19.7. The second-order valence-corrected chi connectivity index (χ2v) is 8.70. The number of rotatable bonds is 2. The molecule has 1 aromatic heterocycles. The summed E-state index contributed by atoms with van der Waals surface area (Å²) in [5, 5.41) is 11.1. The van der Waals surface area contributed by atoms with Gasteiger partial charge in [0.1, 0.15) is 17.6 Å². The summed E-state index contributed by atoms with van der Waals surface area (Å²) < 4.78 is 5.80. The van der Waals surface area contributed by atoms with E-state index in [1.807, 2.05) is 72.8 Å². The topological polar surface area (TPSA) is 118 Å². The van der Waals surface area contributed by atoms with Crippen molar-refractivity contribution in [2.45, 2.75) is 25.4 Å². The molecule has 36 heavy (non-hydrogen) atoms. The SMILES string of the molecule is Nc1nccc2cc(NC3C(=O)NCc4cccc(c4)NC(=O)CCCOc4ccc3cc4)ccc12. The minimum Gasteiger partial charge on any atom is -0.494 e. The molecular formula is C28H27N5O3. The van der Waals surface area contributed by atoms with Crippen LogP contribution in [0.25, 0.3) is 10.8 Å². The summed E-state index contributed by atoms with van der Waals surface area (Å²) in [6, 6.07) is 21.9. The van der Waals surface area contributed by atoms with Crippen molar-refractivity contribution in [3.8, 4) is 5.75 Å². The fraction of sp³-hybridized carbons (Fsp3) is 0.179. The van der Waals surface area contributed by atoms with E-state index in [2.05, 4.69) is 20.9 Å². The van der Waals surface area contributed by atoms with E-state index >= 15 is 0 Å². The van der Waals surface area contributed by atoms with Crippen LogP contribution in [-0.2, 0) is 16.1 Å². The van der Waals surface area contributed by atoms with Gasteiger partial charge in [-0.2, -0.15) is 0 Å². The van der Waals surface area contributed by atoms with E-state index in [-0.39, 0.29) is 11.8 Å². The number of nitrogens with one attached hydrogen (secondary N) is 3. The Morgan fingerprint density at radius 1 is 1.00 bits per heavy atom. The Morgan fingerprint density at radius 3 is 2.72 bits per heavy atom. The molecule has 6 rings (SSSR count).